The van der Waals surface area contributed by atoms with E-state index in [0.29, 0.717) is 23.7 Å². The van der Waals surface area contributed by atoms with E-state index in [-0.39, 0.29) is 25.0 Å². The summed E-state index contributed by atoms with van der Waals surface area (Å²) in [5.41, 5.74) is 4.37. The fourth-order valence-electron chi connectivity index (χ4n) is 2.56. The highest BCUT2D eigenvalue weighted by molar-refractivity contribution is 5.94. The zero-order valence-electron chi connectivity index (χ0n) is 13.1. The molecule has 1 aliphatic rings. The number of hydrogen-bond donors (Lipinski definition) is 1. The smallest absolute Gasteiger partial charge is 0.363 e. The van der Waals surface area contributed by atoms with Crippen molar-refractivity contribution in [3.05, 3.63) is 58.4 Å². The van der Waals surface area contributed by atoms with Crippen LogP contribution in [0.5, 0.6) is 0 Å². The SMILES string of the molecule is NC(=O)c1n[c]c2c(n1)CN(C(=O)c1ccc(C(F)(F)F)cc1F)CC2. The number of hydrogen-bond acceptors (Lipinski definition) is 4. The Morgan fingerprint density at radius 1 is 1.27 bits per heavy atom. The molecule has 1 aliphatic heterocycles. The second-order valence-corrected chi connectivity index (χ2v) is 5.62. The van der Waals surface area contributed by atoms with Crippen LogP contribution in [-0.2, 0) is 19.1 Å². The van der Waals surface area contributed by atoms with Crippen molar-refractivity contribution in [2.75, 3.05) is 6.54 Å². The third-order valence-corrected chi connectivity index (χ3v) is 3.89. The van der Waals surface area contributed by atoms with Crippen LogP contribution in [0.15, 0.2) is 18.2 Å². The van der Waals surface area contributed by atoms with Gasteiger partial charge in [-0.3, -0.25) is 9.59 Å². The Morgan fingerprint density at radius 2 is 2.00 bits per heavy atom. The van der Waals surface area contributed by atoms with Crippen molar-refractivity contribution >= 4 is 11.8 Å². The van der Waals surface area contributed by atoms with Gasteiger partial charge >= 0.3 is 6.18 Å². The Morgan fingerprint density at radius 3 is 2.62 bits per heavy atom. The summed E-state index contributed by atoms with van der Waals surface area (Å²) >= 11 is 0. The first-order valence-electron chi connectivity index (χ1n) is 7.40. The van der Waals surface area contributed by atoms with Gasteiger partial charge in [0, 0.05) is 12.1 Å². The summed E-state index contributed by atoms with van der Waals surface area (Å²) in [4.78, 5) is 32.5. The van der Waals surface area contributed by atoms with Crippen LogP contribution in [0.3, 0.4) is 0 Å². The van der Waals surface area contributed by atoms with Crippen LogP contribution >= 0.6 is 0 Å². The lowest BCUT2D eigenvalue weighted by molar-refractivity contribution is -0.137. The normalized spacial score (nSPS) is 14.1. The van der Waals surface area contributed by atoms with E-state index in [1.165, 1.54) is 4.90 Å². The molecule has 0 saturated heterocycles. The number of carbonyl (C=O) groups excluding carboxylic acids is 2. The third-order valence-electron chi connectivity index (χ3n) is 3.89. The van der Waals surface area contributed by atoms with Gasteiger partial charge in [-0.25, -0.2) is 14.4 Å². The lowest BCUT2D eigenvalue weighted by Crippen LogP contribution is -2.37. The number of alkyl halides is 3. The second kappa shape index (κ2) is 6.36. The predicted octanol–water partition coefficient (Wildman–Crippen LogP) is 1.73. The summed E-state index contributed by atoms with van der Waals surface area (Å²) < 4.78 is 51.8. The number of nitrogens with two attached hydrogens (primary N) is 1. The van der Waals surface area contributed by atoms with Crippen LogP contribution < -0.4 is 5.73 Å². The quantitative estimate of drug-likeness (QED) is 0.819. The van der Waals surface area contributed by atoms with Gasteiger partial charge in [0.1, 0.15) is 5.82 Å². The molecule has 0 saturated carbocycles. The molecule has 2 amide bonds. The maximum absolute atomic E-state index is 14.0. The van der Waals surface area contributed by atoms with Gasteiger partial charge in [0.25, 0.3) is 11.8 Å². The summed E-state index contributed by atoms with van der Waals surface area (Å²) in [5.74, 6) is -3.16. The minimum absolute atomic E-state index is 0.0616. The molecule has 26 heavy (non-hydrogen) atoms. The molecular weight excluding hydrogens is 356 g/mol. The molecule has 0 aliphatic carbocycles. The van der Waals surface area contributed by atoms with Crippen molar-refractivity contribution < 1.29 is 27.2 Å². The molecule has 2 N–H and O–H groups in total. The maximum atomic E-state index is 14.0. The first-order valence-corrected chi connectivity index (χ1v) is 7.40. The van der Waals surface area contributed by atoms with E-state index in [4.69, 9.17) is 5.73 Å². The van der Waals surface area contributed by atoms with Gasteiger partial charge in [-0.2, -0.15) is 13.2 Å². The molecule has 6 nitrogen and oxygen atoms in total. The molecule has 1 aromatic heterocycles. The molecule has 0 bridgehead atoms. The lowest BCUT2D eigenvalue weighted by Gasteiger charge is -2.28. The van der Waals surface area contributed by atoms with Gasteiger partial charge in [0.15, 0.2) is 0 Å². The van der Waals surface area contributed by atoms with Crippen LogP contribution in [0, 0.1) is 12.0 Å². The summed E-state index contributed by atoms with van der Waals surface area (Å²) in [5, 5.41) is 0. The van der Waals surface area contributed by atoms with Crippen molar-refractivity contribution in [2.45, 2.75) is 19.1 Å². The third kappa shape index (κ3) is 3.35. The molecule has 0 spiro atoms. The van der Waals surface area contributed by atoms with E-state index in [2.05, 4.69) is 16.2 Å². The molecule has 1 aromatic carbocycles. The number of rotatable bonds is 2. The maximum Gasteiger partial charge on any atom is 0.416 e. The molecule has 0 fully saturated rings. The Balaban J connectivity index is 1.86. The number of primary amides is 1. The number of amides is 2. The second-order valence-electron chi connectivity index (χ2n) is 5.62. The minimum atomic E-state index is -4.70. The first-order chi connectivity index (χ1) is 12.2. The highest BCUT2D eigenvalue weighted by Gasteiger charge is 2.32. The Labute approximate surface area is 144 Å². The van der Waals surface area contributed by atoms with E-state index in [1.807, 2.05) is 0 Å². The van der Waals surface area contributed by atoms with Gasteiger partial charge in [0.05, 0.1) is 29.6 Å². The highest BCUT2D eigenvalue weighted by atomic mass is 19.4. The summed E-state index contributed by atoms with van der Waals surface area (Å²) in [6.45, 7) is 0.121. The molecule has 1 radical (unpaired) electrons. The van der Waals surface area contributed by atoms with Gasteiger partial charge in [0.2, 0.25) is 5.82 Å². The highest BCUT2D eigenvalue weighted by Crippen LogP contribution is 2.30. The number of nitrogens with zero attached hydrogens (tertiary/aromatic N) is 3. The molecule has 0 unspecified atom stereocenters. The van der Waals surface area contributed by atoms with Crippen LogP contribution in [0.1, 0.15) is 37.8 Å². The van der Waals surface area contributed by atoms with E-state index < -0.39 is 34.9 Å². The zero-order valence-corrected chi connectivity index (χ0v) is 13.1. The molecule has 0 atom stereocenters. The van der Waals surface area contributed by atoms with Crippen molar-refractivity contribution in [2.24, 2.45) is 5.73 Å². The average Bonchev–Trinajstić information content (AvgIpc) is 2.59. The molecule has 2 heterocycles. The Bertz CT molecular complexity index is 898. The van der Waals surface area contributed by atoms with Gasteiger partial charge in [-0.1, -0.05) is 0 Å². The van der Waals surface area contributed by atoms with E-state index in [1.54, 1.807) is 0 Å². The van der Waals surface area contributed by atoms with Crippen LogP contribution in [0.25, 0.3) is 0 Å². The van der Waals surface area contributed by atoms with Gasteiger partial charge < -0.3 is 10.6 Å². The number of fused-ring (bicyclic) bond motifs is 1. The molecule has 10 heteroatoms. The van der Waals surface area contributed by atoms with Crippen molar-refractivity contribution in [3.63, 3.8) is 0 Å². The fourth-order valence-corrected chi connectivity index (χ4v) is 2.56. The van der Waals surface area contributed by atoms with Crippen LogP contribution in [-0.4, -0.2) is 33.2 Å². The Kier molecular flexibility index (Phi) is 4.34. The summed E-state index contributed by atoms with van der Waals surface area (Å²) in [6.07, 6.45) is -1.77. The van der Waals surface area contributed by atoms with Gasteiger partial charge in [-0.15, -0.1) is 0 Å². The molecule has 135 valence electrons. The zero-order chi connectivity index (χ0) is 19.1. The average molecular weight is 367 g/mol. The summed E-state index contributed by atoms with van der Waals surface area (Å²) in [6, 6.07) is 1.73. The predicted molar refractivity (Wildman–Crippen MR) is 79.2 cm³/mol. The number of benzene rings is 1. The summed E-state index contributed by atoms with van der Waals surface area (Å²) in [7, 11) is 0. The molecule has 3 rings (SSSR count). The molecular formula is C16H11F4N4O2. The van der Waals surface area contributed by atoms with E-state index >= 15 is 0 Å². The van der Waals surface area contributed by atoms with Crippen LogP contribution in [0.4, 0.5) is 17.6 Å². The lowest BCUT2D eigenvalue weighted by atomic mass is 10.0. The molecule has 2 aromatic rings. The van der Waals surface area contributed by atoms with Crippen molar-refractivity contribution in [3.8, 4) is 0 Å². The number of halogens is 4. The van der Waals surface area contributed by atoms with E-state index in [9.17, 15) is 27.2 Å². The fraction of sp³-hybridized carbons (Fsp3) is 0.250. The monoisotopic (exact) mass is 367 g/mol. The largest absolute Gasteiger partial charge is 0.416 e. The number of carbonyl (C=O) groups is 2. The van der Waals surface area contributed by atoms with Crippen LogP contribution in [0.2, 0.25) is 0 Å². The first kappa shape index (κ1) is 17.8. The Hall–Kier alpha value is -3.04. The van der Waals surface area contributed by atoms with Crippen molar-refractivity contribution in [1.82, 2.24) is 14.9 Å². The van der Waals surface area contributed by atoms with E-state index in [0.717, 1.165) is 6.07 Å². The minimum Gasteiger partial charge on any atom is -0.363 e. The number of aromatic nitrogens is 2. The topological polar surface area (TPSA) is 89.2 Å². The van der Waals surface area contributed by atoms with Crippen molar-refractivity contribution in [1.29, 1.82) is 0 Å². The standard InChI is InChI=1S/C16H11F4N4O2/c17-11-5-9(16(18,19)20)1-2-10(11)15(26)24-4-3-8-6-22-14(13(21)25)23-12(8)7-24/h1-2,5H,3-4,7H2,(H2,21,25). The van der Waals surface area contributed by atoms with Gasteiger partial charge in [-0.05, 0) is 24.6 Å².